The summed E-state index contributed by atoms with van der Waals surface area (Å²) in [5.74, 6) is 0.692. The Hall–Kier alpha value is -1.32. The summed E-state index contributed by atoms with van der Waals surface area (Å²) in [6, 6.07) is 6.84. The van der Waals surface area contributed by atoms with E-state index in [1.165, 1.54) is 7.11 Å². The lowest BCUT2D eigenvalue weighted by atomic mass is 10.3. The van der Waals surface area contributed by atoms with Crippen molar-refractivity contribution in [1.82, 2.24) is 0 Å². The van der Waals surface area contributed by atoms with Gasteiger partial charge in [0.25, 0.3) is 0 Å². The summed E-state index contributed by atoms with van der Waals surface area (Å²) in [5, 5.41) is 8.99. The zero-order valence-electron chi connectivity index (χ0n) is 5.92. The van der Waals surface area contributed by atoms with Crippen LogP contribution in [0.3, 0.4) is 0 Å². The van der Waals surface area contributed by atoms with Gasteiger partial charge in [-0.1, -0.05) is 12.1 Å². The van der Waals surface area contributed by atoms with Gasteiger partial charge in [0.1, 0.15) is 0 Å². The lowest BCUT2D eigenvalue weighted by Gasteiger charge is -1.99. The standard InChI is InChI=1S/C7H8O2.F2/c1-9-7-5-3-2-4-6(7)8;1-2/h2-5,8H,1H3;. The van der Waals surface area contributed by atoms with Gasteiger partial charge in [-0.3, -0.25) is 0 Å². The number of halogens is 2. The summed E-state index contributed by atoms with van der Waals surface area (Å²) in [6.07, 6.45) is 0. The Morgan fingerprint density at radius 1 is 1.27 bits per heavy atom. The first-order chi connectivity index (χ1) is 5.34. The number of methoxy groups -OCH3 is 1. The Morgan fingerprint density at radius 2 is 1.82 bits per heavy atom. The highest BCUT2D eigenvalue weighted by Crippen LogP contribution is 2.22. The summed E-state index contributed by atoms with van der Waals surface area (Å²) < 4.78 is 20.8. The van der Waals surface area contributed by atoms with Gasteiger partial charge in [0, 0.05) is 9.15 Å². The Balaban J connectivity index is 0.000000461. The average molecular weight is 162 g/mol. The molecule has 0 amide bonds. The zero-order valence-corrected chi connectivity index (χ0v) is 5.92. The Morgan fingerprint density at radius 3 is 2.18 bits per heavy atom. The second-order valence-corrected chi connectivity index (χ2v) is 1.67. The number of para-hydroxylation sites is 2. The van der Waals surface area contributed by atoms with Crippen molar-refractivity contribution >= 4 is 0 Å². The molecule has 4 heteroatoms. The number of benzene rings is 1. The van der Waals surface area contributed by atoms with Crippen molar-refractivity contribution in [1.29, 1.82) is 0 Å². The Kier molecular flexibility index (Phi) is 4.81. The van der Waals surface area contributed by atoms with E-state index in [1.807, 2.05) is 0 Å². The van der Waals surface area contributed by atoms with E-state index in [9.17, 15) is 0 Å². The largest absolute Gasteiger partial charge is 0.504 e. The average Bonchev–Trinajstić information content (AvgIpc) is 2.09. The molecule has 62 valence electrons. The first-order valence-electron chi connectivity index (χ1n) is 2.81. The monoisotopic (exact) mass is 162 g/mol. The van der Waals surface area contributed by atoms with Crippen LogP contribution in [0.1, 0.15) is 0 Å². The smallest absolute Gasteiger partial charge is 0.160 e. The molecule has 0 bridgehead atoms. The molecular formula is C7H8F2O2. The molecule has 0 spiro atoms. The van der Waals surface area contributed by atoms with Crippen LogP contribution in [-0.4, -0.2) is 12.2 Å². The minimum Gasteiger partial charge on any atom is -0.504 e. The topological polar surface area (TPSA) is 29.5 Å². The van der Waals surface area contributed by atoms with Gasteiger partial charge in [0.05, 0.1) is 7.11 Å². The van der Waals surface area contributed by atoms with Crippen LogP contribution < -0.4 is 4.74 Å². The molecule has 0 aliphatic rings. The maximum Gasteiger partial charge on any atom is 0.160 e. The second-order valence-electron chi connectivity index (χ2n) is 1.67. The van der Waals surface area contributed by atoms with Crippen LogP contribution in [0.15, 0.2) is 24.3 Å². The van der Waals surface area contributed by atoms with Gasteiger partial charge >= 0.3 is 0 Å². The van der Waals surface area contributed by atoms with Crippen molar-refractivity contribution in [3.8, 4) is 11.5 Å². The van der Waals surface area contributed by atoms with Crippen molar-refractivity contribution < 1.29 is 19.0 Å². The van der Waals surface area contributed by atoms with E-state index in [1.54, 1.807) is 24.3 Å². The molecule has 0 aliphatic heterocycles. The molecule has 0 fully saturated rings. The number of hydrogen-bond acceptors (Lipinski definition) is 2. The summed E-state index contributed by atoms with van der Waals surface area (Å²) in [6.45, 7) is 0. The fourth-order valence-corrected chi connectivity index (χ4v) is 0.630. The fourth-order valence-electron chi connectivity index (χ4n) is 0.630. The molecule has 1 rings (SSSR count). The van der Waals surface area contributed by atoms with Crippen molar-refractivity contribution in [2.45, 2.75) is 0 Å². The van der Waals surface area contributed by atoms with E-state index in [4.69, 9.17) is 19.0 Å². The Bertz CT molecular complexity index is 203. The molecule has 1 aromatic carbocycles. The van der Waals surface area contributed by atoms with Gasteiger partial charge in [-0.15, -0.1) is 0 Å². The highest BCUT2D eigenvalue weighted by molar-refractivity contribution is 5.37. The quantitative estimate of drug-likeness (QED) is 0.686. The molecule has 0 aromatic heterocycles. The molecule has 0 radical (unpaired) electrons. The summed E-state index contributed by atoms with van der Waals surface area (Å²) in [7, 11) is 1.52. The number of phenolic OH excluding ortho intramolecular Hbond substituents is 1. The number of ether oxygens (including phenoxy) is 1. The van der Waals surface area contributed by atoms with Crippen molar-refractivity contribution in [3.63, 3.8) is 0 Å². The third kappa shape index (κ3) is 2.84. The minimum absolute atomic E-state index is 0.181. The van der Waals surface area contributed by atoms with Gasteiger partial charge in [0.15, 0.2) is 11.5 Å². The van der Waals surface area contributed by atoms with E-state index >= 15 is 0 Å². The third-order valence-electron chi connectivity index (χ3n) is 1.09. The van der Waals surface area contributed by atoms with Crippen LogP contribution in [0, 0.1) is 0 Å². The van der Waals surface area contributed by atoms with E-state index in [0.717, 1.165) is 0 Å². The maximum atomic E-state index is 8.99. The van der Waals surface area contributed by atoms with Crippen LogP contribution in [0.25, 0.3) is 0 Å². The van der Waals surface area contributed by atoms with Gasteiger partial charge in [-0.2, -0.15) is 0 Å². The summed E-state index contributed by atoms with van der Waals surface area (Å²) in [5.41, 5.74) is 0. The molecule has 0 unspecified atom stereocenters. The molecule has 0 saturated heterocycles. The van der Waals surface area contributed by atoms with E-state index in [0.29, 0.717) is 5.75 Å². The molecule has 0 heterocycles. The summed E-state index contributed by atoms with van der Waals surface area (Å²) in [4.78, 5) is 0. The first-order valence-corrected chi connectivity index (χ1v) is 2.81. The van der Waals surface area contributed by atoms with Crippen LogP contribution in [0.5, 0.6) is 11.5 Å². The van der Waals surface area contributed by atoms with Gasteiger partial charge < -0.3 is 9.84 Å². The number of rotatable bonds is 1. The van der Waals surface area contributed by atoms with E-state index in [-0.39, 0.29) is 5.75 Å². The molecule has 0 atom stereocenters. The SMILES string of the molecule is COc1ccccc1O.FF. The maximum absolute atomic E-state index is 8.99. The highest BCUT2D eigenvalue weighted by Gasteiger charge is 1.94. The van der Waals surface area contributed by atoms with E-state index in [2.05, 4.69) is 0 Å². The third-order valence-corrected chi connectivity index (χ3v) is 1.09. The predicted molar refractivity (Wildman–Crippen MR) is 36.9 cm³/mol. The lowest BCUT2D eigenvalue weighted by molar-refractivity contribution is 0.108. The molecule has 1 N–H and O–H groups in total. The van der Waals surface area contributed by atoms with Crippen LogP contribution in [0.2, 0.25) is 0 Å². The number of aromatic hydroxyl groups is 1. The summed E-state index contributed by atoms with van der Waals surface area (Å²) >= 11 is 0. The van der Waals surface area contributed by atoms with Crippen molar-refractivity contribution in [2.24, 2.45) is 0 Å². The molecular weight excluding hydrogens is 154 g/mol. The van der Waals surface area contributed by atoms with Crippen molar-refractivity contribution in [2.75, 3.05) is 7.11 Å². The molecule has 1 aromatic rings. The molecule has 0 aliphatic carbocycles. The van der Waals surface area contributed by atoms with Crippen LogP contribution >= 0.6 is 0 Å². The lowest BCUT2D eigenvalue weighted by Crippen LogP contribution is -1.80. The van der Waals surface area contributed by atoms with Crippen molar-refractivity contribution in [3.05, 3.63) is 24.3 Å². The number of phenols is 1. The fraction of sp³-hybridized carbons (Fsp3) is 0.143. The normalized spacial score (nSPS) is 7.91. The van der Waals surface area contributed by atoms with E-state index < -0.39 is 0 Å². The zero-order chi connectivity index (χ0) is 8.69. The predicted octanol–water partition coefficient (Wildman–Crippen LogP) is 2.24. The molecule has 2 nitrogen and oxygen atoms in total. The molecule has 11 heavy (non-hydrogen) atoms. The van der Waals surface area contributed by atoms with Gasteiger partial charge in [-0.25, -0.2) is 0 Å². The molecule has 0 saturated carbocycles. The minimum atomic E-state index is 0.181. The number of hydrogen-bond donors (Lipinski definition) is 1. The second kappa shape index (κ2) is 5.46. The van der Waals surface area contributed by atoms with Crippen LogP contribution in [0.4, 0.5) is 9.15 Å². The van der Waals surface area contributed by atoms with Crippen LogP contribution in [-0.2, 0) is 0 Å². The Labute approximate surface area is 62.9 Å². The first kappa shape index (κ1) is 9.68. The van der Waals surface area contributed by atoms with Gasteiger partial charge in [0.2, 0.25) is 0 Å². The van der Waals surface area contributed by atoms with Gasteiger partial charge in [-0.05, 0) is 12.1 Å². The highest BCUT2D eigenvalue weighted by atomic mass is 20.0.